The Morgan fingerprint density at radius 3 is 2.72 bits per heavy atom. The molecule has 1 atom stereocenters. The average Bonchev–Trinajstić information content (AvgIpc) is 2.22. The van der Waals surface area contributed by atoms with Gasteiger partial charge in [0.15, 0.2) is 0 Å². The van der Waals surface area contributed by atoms with Crippen molar-refractivity contribution in [1.82, 2.24) is 4.98 Å². The van der Waals surface area contributed by atoms with Gasteiger partial charge in [-0.15, -0.1) is 0 Å². The summed E-state index contributed by atoms with van der Waals surface area (Å²) in [6.45, 7) is 5.96. The number of ether oxygens (including phenoxy) is 2. The number of nitrogens with zero attached hydrogens (tertiary/aromatic N) is 1. The third kappa shape index (κ3) is 4.79. The van der Waals surface area contributed by atoms with Gasteiger partial charge >= 0.3 is 6.09 Å². The molecule has 0 saturated heterocycles. The first-order valence-corrected chi connectivity index (χ1v) is 5.87. The third-order valence-electron chi connectivity index (χ3n) is 2.30. The Morgan fingerprint density at radius 1 is 1.56 bits per heavy atom. The fourth-order valence-electron chi connectivity index (χ4n) is 1.21. The molecule has 6 heteroatoms. The first-order chi connectivity index (χ1) is 8.29. The average molecular weight is 273 g/mol. The van der Waals surface area contributed by atoms with Gasteiger partial charge < -0.3 is 15.2 Å². The van der Waals surface area contributed by atoms with E-state index in [9.17, 15) is 4.79 Å². The predicted molar refractivity (Wildman–Crippen MR) is 68.7 cm³/mol. The second kappa shape index (κ2) is 5.91. The number of aromatic nitrogens is 1. The topological polar surface area (TPSA) is 74.4 Å². The van der Waals surface area contributed by atoms with Crippen LogP contribution in [0.2, 0.25) is 5.02 Å². The molecule has 100 valence electrons. The molecule has 0 fully saturated rings. The van der Waals surface area contributed by atoms with Crippen LogP contribution in [0.4, 0.5) is 4.79 Å². The van der Waals surface area contributed by atoms with E-state index < -0.39 is 6.09 Å². The standard InChI is InChI=1S/C12H17ClN2O3/c1-12(2,3)9(7-17-11(14)16)18-10-6-8(13)4-5-15-10/h4-6,9H,7H2,1-3H3,(H2,14,16). The Balaban J connectivity index is 2.75. The monoisotopic (exact) mass is 272 g/mol. The molecule has 1 unspecified atom stereocenters. The number of halogens is 1. The Morgan fingerprint density at radius 2 is 2.22 bits per heavy atom. The van der Waals surface area contributed by atoms with E-state index in [-0.39, 0.29) is 18.1 Å². The molecule has 2 N–H and O–H groups in total. The van der Waals surface area contributed by atoms with Crippen molar-refractivity contribution in [1.29, 1.82) is 0 Å². The molecule has 0 aliphatic heterocycles. The molecule has 0 radical (unpaired) electrons. The van der Waals surface area contributed by atoms with Gasteiger partial charge in [0.1, 0.15) is 12.7 Å². The summed E-state index contributed by atoms with van der Waals surface area (Å²) in [5.41, 5.74) is 4.71. The SMILES string of the molecule is CC(C)(C)C(COC(N)=O)Oc1cc(Cl)ccn1. The minimum atomic E-state index is -0.827. The molecule has 1 aromatic heterocycles. The van der Waals surface area contributed by atoms with Gasteiger partial charge in [0.25, 0.3) is 0 Å². The van der Waals surface area contributed by atoms with Crippen LogP contribution in [0.1, 0.15) is 20.8 Å². The second-order valence-electron chi connectivity index (χ2n) is 4.91. The number of hydrogen-bond acceptors (Lipinski definition) is 4. The number of carbonyl (C=O) groups excluding carboxylic acids is 1. The number of hydrogen-bond donors (Lipinski definition) is 1. The van der Waals surface area contributed by atoms with Crippen molar-refractivity contribution in [3.8, 4) is 5.88 Å². The lowest BCUT2D eigenvalue weighted by Gasteiger charge is -2.29. The number of nitrogens with two attached hydrogens (primary N) is 1. The fraction of sp³-hybridized carbons (Fsp3) is 0.500. The molecule has 0 saturated carbocycles. The van der Waals surface area contributed by atoms with Crippen molar-refractivity contribution in [2.75, 3.05) is 6.61 Å². The molecule has 0 aliphatic rings. The summed E-state index contributed by atoms with van der Waals surface area (Å²) in [4.78, 5) is 14.7. The lowest BCUT2D eigenvalue weighted by molar-refractivity contribution is 0.0212. The van der Waals surface area contributed by atoms with Crippen molar-refractivity contribution in [3.05, 3.63) is 23.4 Å². The van der Waals surface area contributed by atoms with Gasteiger partial charge in [0, 0.05) is 22.7 Å². The van der Waals surface area contributed by atoms with Gasteiger partial charge in [0.05, 0.1) is 0 Å². The zero-order valence-corrected chi connectivity index (χ0v) is 11.4. The van der Waals surface area contributed by atoms with Crippen LogP contribution in [-0.2, 0) is 4.74 Å². The Bertz CT molecular complexity index is 418. The largest absolute Gasteiger partial charge is 0.470 e. The molecule has 0 aliphatic carbocycles. The maximum absolute atomic E-state index is 10.6. The van der Waals surface area contributed by atoms with Crippen molar-refractivity contribution >= 4 is 17.7 Å². The van der Waals surface area contributed by atoms with Crippen LogP contribution in [0.3, 0.4) is 0 Å². The van der Waals surface area contributed by atoms with Gasteiger partial charge in [-0.3, -0.25) is 0 Å². The zero-order valence-electron chi connectivity index (χ0n) is 10.6. The van der Waals surface area contributed by atoms with E-state index >= 15 is 0 Å². The quantitative estimate of drug-likeness (QED) is 0.914. The Labute approximate surface area is 111 Å². The first kappa shape index (κ1) is 14.6. The molecule has 1 aromatic rings. The van der Waals surface area contributed by atoms with Gasteiger partial charge in [-0.1, -0.05) is 32.4 Å². The van der Waals surface area contributed by atoms with Crippen LogP contribution in [0, 0.1) is 5.41 Å². The molecule has 1 amide bonds. The summed E-state index contributed by atoms with van der Waals surface area (Å²) in [6.07, 6.45) is 0.356. The normalized spacial score (nSPS) is 12.9. The molecule has 1 heterocycles. The maximum Gasteiger partial charge on any atom is 0.404 e. The van der Waals surface area contributed by atoms with Crippen LogP contribution in [0.5, 0.6) is 5.88 Å². The van der Waals surface area contributed by atoms with E-state index in [1.807, 2.05) is 20.8 Å². The smallest absolute Gasteiger partial charge is 0.404 e. The minimum absolute atomic E-state index is 0.0625. The molecule has 0 spiro atoms. The van der Waals surface area contributed by atoms with Crippen molar-refractivity contribution in [2.45, 2.75) is 26.9 Å². The van der Waals surface area contributed by atoms with Crippen LogP contribution in [-0.4, -0.2) is 23.8 Å². The van der Waals surface area contributed by atoms with Crippen LogP contribution < -0.4 is 10.5 Å². The van der Waals surface area contributed by atoms with Gasteiger partial charge in [0.2, 0.25) is 5.88 Å². The highest BCUT2D eigenvalue weighted by Gasteiger charge is 2.28. The summed E-state index contributed by atoms with van der Waals surface area (Å²) in [5, 5.41) is 0.531. The minimum Gasteiger partial charge on any atom is -0.470 e. The number of carbonyl (C=O) groups is 1. The molecule has 5 nitrogen and oxygen atoms in total. The highest BCUT2D eigenvalue weighted by Crippen LogP contribution is 2.25. The molecule has 1 rings (SSSR count). The number of pyridine rings is 1. The van der Waals surface area contributed by atoms with Crippen LogP contribution in [0.25, 0.3) is 0 Å². The molecular formula is C12H17ClN2O3. The van der Waals surface area contributed by atoms with Gasteiger partial charge in [-0.2, -0.15) is 0 Å². The summed E-state index contributed by atoms with van der Waals surface area (Å²) in [7, 11) is 0. The summed E-state index contributed by atoms with van der Waals surface area (Å²) >= 11 is 5.84. The van der Waals surface area contributed by atoms with Gasteiger partial charge in [-0.25, -0.2) is 9.78 Å². The summed E-state index contributed by atoms with van der Waals surface area (Å²) < 4.78 is 10.5. The molecule has 18 heavy (non-hydrogen) atoms. The van der Waals surface area contributed by atoms with Crippen molar-refractivity contribution < 1.29 is 14.3 Å². The number of rotatable bonds is 4. The lowest BCUT2D eigenvalue weighted by Crippen LogP contribution is -2.38. The van der Waals surface area contributed by atoms with E-state index in [0.717, 1.165) is 0 Å². The predicted octanol–water partition coefficient (Wildman–Crippen LogP) is 2.62. The molecule has 0 aromatic carbocycles. The fourth-order valence-corrected chi connectivity index (χ4v) is 1.36. The highest BCUT2D eigenvalue weighted by atomic mass is 35.5. The summed E-state index contributed by atoms with van der Waals surface area (Å²) in [6, 6.07) is 3.25. The van der Waals surface area contributed by atoms with E-state index in [1.165, 1.54) is 0 Å². The highest BCUT2D eigenvalue weighted by molar-refractivity contribution is 6.30. The van der Waals surface area contributed by atoms with E-state index in [1.54, 1.807) is 18.3 Å². The van der Waals surface area contributed by atoms with Crippen LogP contribution >= 0.6 is 11.6 Å². The number of amides is 1. The lowest BCUT2D eigenvalue weighted by atomic mass is 9.89. The molecule has 0 bridgehead atoms. The van der Waals surface area contributed by atoms with E-state index in [0.29, 0.717) is 10.9 Å². The Hall–Kier alpha value is -1.49. The first-order valence-electron chi connectivity index (χ1n) is 5.49. The van der Waals surface area contributed by atoms with E-state index in [4.69, 9.17) is 26.8 Å². The third-order valence-corrected chi connectivity index (χ3v) is 2.54. The van der Waals surface area contributed by atoms with Crippen molar-refractivity contribution in [2.24, 2.45) is 11.1 Å². The van der Waals surface area contributed by atoms with Gasteiger partial charge in [-0.05, 0) is 6.07 Å². The van der Waals surface area contributed by atoms with E-state index in [2.05, 4.69) is 4.98 Å². The van der Waals surface area contributed by atoms with Crippen LogP contribution in [0.15, 0.2) is 18.3 Å². The maximum atomic E-state index is 10.6. The van der Waals surface area contributed by atoms with Crippen molar-refractivity contribution in [3.63, 3.8) is 0 Å². The second-order valence-corrected chi connectivity index (χ2v) is 5.35. The zero-order chi connectivity index (χ0) is 13.8. The summed E-state index contributed by atoms with van der Waals surface area (Å²) in [5.74, 6) is 0.385. The molecular weight excluding hydrogens is 256 g/mol. The number of primary amides is 1. The Kier molecular flexibility index (Phi) is 4.78.